The highest BCUT2D eigenvalue weighted by Crippen LogP contribution is 2.32. The maximum atomic E-state index is 12.7. The van der Waals surface area contributed by atoms with E-state index in [1.165, 1.54) is 41.0 Å². The molecule has 0 aliphatic heterocycles. The molecule has 1 N–H and O–H groups in total. The Morgan fingerprint density at radius 3 is 2.70 bits per heavy atom. The molecule has 0 aliphatic rings. The second kappa shape index (κ2) is 6.13. The van der Waals surface area contributed by atoms with Crippen LogP contribution >= 0.6 is 22.7 Å². The Bertz CT molecular complexity index is 825. The van der Waals surface area contributed by atoms with Crippen LogP contribution in [0.1, 0.15) is 15.2 Å². The van der Waals surface area contributed by atoms with Gasteiger partial charge in [-0.1, -0.05) is 12.1 Å². The van der Waals surface area contributed by atoms with Crippen molar-refractivity contribution in [3.8, 4) is 9.88 Å². The summed E-state index contributed by atoms with van der Waals surface area (Å²) in [5.74, 6) is -0.482. The Labute approximate surface area is 137 Å². The van der Waals surface area contributed by atoms with Crippen molar-refractivity contribution in [2.24, 2.45) is 0 Å². The van der Waals surface area contributed by atoms with Gasteiger partial charge in [0.25, 0.3) is 5.91 Å². The van der Waals surface area contributed by atoms with E-state index in [4.69, 9.17) is 0 Å². The van der Waals surface area contributed by atoms with E-state index in [2.05, 4.69) is 10.3 Å². The van der Waals surface area contributed by atoms with Gasteiger partial charge >= 0.3 is 6.18 Å². The lowest BCUT2D eigenvalue weighted by atomic mass is 10.2. The largest absolute Gasteiger partial charge is 0.416 e. The SMILES string of the molecule is O=C(Nc1cccc(C(F)(F)F)c1)c1cnc(-c2cccs2)s1. The Kier molecular flexibility index (Phi) is 4.18. The predicted octanol–water partition coefficient (Wildman–Crippen LogP) is 5.14. The molecule has 0 spiro atoms. The highest BCUT2D eigenvalue weighted by atomic mass is 32.1. The number of thiophene rings is 1. The second-order valence-electron chi connectivity index (χ2n) is 4.54. The van der Waals surface area contributed by atoms with Crippen molar-refractivity contribution in [1.82, 2.24) is 4.98 Å². The first-order chi connectivity index (χ1) is 10.9. The molecule has 0 aliphatic carbocycles. The molecule has 0 saturated heterocycles. The molecule has 118 valence electrons. The van der Waals surface area contributed by atoms with Gasteiger partial charge in [-0.2, -0.15) is 13.2 Å². The number of carbonyl (C=O) groups excluding carboxylic acids is 1. The van der Waals surface area contributed by atoms with Crippen LogP contribution in [0.5, 0.6) is 0 Å². The second-order valence-corrected chi connectivity index (χ2v) is 6.52. The first kappa shape index (κ1) is 15.7. The molecule has 0 unspecified atom stereocenters. The van der Waals surface area contributed by atoms with Crippen LogP contribution in [0.25, 0.3) is 9.88 Å². The van der Waals surface area contributed by atoms with Gasteiger partial charge in [0.2, 0.25) is 0 Å². The Morgan fingerprint density at radius 1 is 1.17 bits per heavy atom. The summed E-state index contributed by atoms with van der Waals surface area (Å²) in [5.41, 5.74) is -0.713. The van der Waals surface area contributed by atoms with E-state index >= 15 is 0 Å². The van der Waals surface area contributed by atoms with Gasteiger partial charge in [-0.05, 0) is 29.6 Å². The molecule has 2 aromatic heterocycles. The summed E-state index contributed by atoms with van der Waals surface area (Å²) in [4.78, 5) is 17.6. The van der Waals surface area contributed by atoms with Crippen molar-refractivity contribution in [3.63, 3.8) is 0 Å². The van der Waals surface area contributed by atoms with Crippen LogP contribution in [0.15, 0.2) is 48.0 Å². The van der Waals surface area contributed by atoms with Crippen molar-refractivity contribution in [3.05, 3.63) is 58.4 Å². The summed E-state index contributed by atoms with van der Waals surface area (Å²) >= 11 is 2.69. The summed E-state index contributed by atoms with van der Waals surface area (Å²) in [6.07, 6.45) is -3.03. The van der Waals surface area contributed by atoms with E-state index in [1.54, 1.807) is 0 Å². The third kappa shape index (κ3) is 3.59. The van der Waals surface area contributed by atoms with Crippen LogP contribution in [0.4, 0.5) is 18.9 Å². The normalized spacial score (nSPS) is 11.4. The van der Waals surface area contributed by atoms with Crippen LogP contribution in [0, 0.1) is 0 Å². The minimum atomic E-state index is -4.45. The lowest BCUT2D eigenvalue weighted by Gasteiger charge is -2.09. The summed E-state index contributed by atoms with van der Waals surface area (Å²) in [7, 11) is 0. The fourth-order valence-corrected chi connectivity index (χ4v) is 3.47. The molecule has 2 heterocycles. The Morgan fingerprint density at radius 2 is 2.00 bits per heavy atom. The van der Waals surface area contributed by atoms with Crippen molar-refractivity contribution in [2.75, 3.05) is 5.32 Å². The smallest absolute Gasteiger partial charge is 0.321 e. The van der Waals surface area contributed by atoms with Crippen molar-refractivity contribution in [2.45, 2.75) is 6.18 Å². The quantitative estimate of drug-likeness (QED) is 0.707. The first-order valence-electron chi connectivity index (χ1n) is 6.42. The van der Waals surface area contributed by atoms with Gasteiger partial charge in [0, 0.05) is 5.69 Å². The number of anilines is 1. The van der Waals surface area contributed by atoms with Gasteiger partial charge in [-0.25, -0.2) is 4.98 Å². The minimum Gasteiger partial charge on any atom is -0.321 e. The van der Waals surface area contributed by atoms with E-state index in [0.29, 0.717) is 9.88 Å². The van der Waals surface area contributed by atoms with E-state index in [-0.39, 0.29) is 5.69 Å². The molecule has 3 nitrogen and oxygen atoms in total. The topological polar surface area (TPSA) is 42.0 Å². The third-order valence-corrected chi connectivity index (χ3v) is 4.94. The average molecular weight is 354 g/mol. The molecular weight excluding hydrogens is 345 g/mol. The molecule has 0 atom stereocenters. The Balaban J connectivity index is 1.77. The lowest BCUT2D eigenvalue weighted by molar-refractivity contribution is -0.137. The van der Waals surface area contributed by atoms with E-state index in [0.717, 1.165) is 17.0 Å². The van der Waals surface area contributed by atoms with Crippen LogP contribution < -0.4 is 5.32 Å². The summed E-state index contributed by atoms with van der Waals surface area (Å²) in [6.45, 7) is 0. The molecule has 23 heavy (non-hydrogen) atoms. The van der Waals surface area contributed by atoms with E-state index in [9.17, 15) is 18.0 Å². The van der Waals surface area contributed by atoms with Crippen LogP contribution in [0.2, 0.25) is 0 Å². The van der Waals surface area contributed by atoms with E-state index < -0.39 is 17.6 Å². The highest BCUT2D eigenvalue weighted by Gasteiger charge is 2.30. The molecule has 3 aromatic rings. The number of thiazole rings is 1. The molecule has 8 heteroatoms. The maximum absolute atomic E-state index is 12.7. The van der Waals surface area contributed by atoms with Gasteiger partial charge in [0.15, 0.2) is 0 Å². The number of nitrogens with zero attached hydrogens (tertiary/aromatic N) is 1. The molecule has 0 bridgehead atoms. The number of hydrogen-bond acceptors (Lipinski definition) is 4. The third-order valence-electron chi connectivity index (χ3n) is 2.91. The summed E-state index contributed by atoms with van der Waals surface area (Å²) < 4.78 is 38.0. The monoisotopic (exact) mass is 354 g/mol. The number of nitrogens with one attached hydrogen (secondary N) is 1. The zero-order chi connectivity index (χ0) is 16.4. The number of carbonyl (C=O) groups is 1. The number of rotatable bonds is 3. The minimum absolute atomic E-state index is 0.0934. The highest BCUT2D eigenvalue weighted by molar-refractivity contribution is 7.22. The summed E-state index contributed by atoms with van der Waals surface area (Å²) in [5, 5.41) is 5.07. The number of amides is 1. The fraction of sp³-hybridized carbons (Fsp3) is 0.0667. The van der Waals surface area contributed by atoms with Crippen molar-refractivity contribution >= 4 is 34.3 Å². The van der Waals surface area contributed by atoms with Gasteiger partial charge < -0.3 is 5.32 Å². The fourth-order valence-electron chi connectivity index (χ4n) is 1.86. The summed E-state index contributed by atoms with van der Waals surface area (Å²) in [6, 6.07) is 8.29. The standard InChI is InChI=1S/C15H9F3N2OS2/c16-15(17,18)9-3-1-4-10(7-9)20-13(21)12-8-19-14(23-12)11-5-2-6-22-11/h1-8H,(H,20,21). The van der Waals surface area contributed by atoms with E-state index in [1.807, 2.05) is 17.5 Å². The average Bonchev–Trinajstić information content (AvgIpc) is 3.18. The van der Waals surface area contributed by atoms with Gasteiger partial charge in [0.1, 0.15) is 9.88 Å². The molecule has 1 aromatic carbocycles. The molecular formula is C15H9F3N2OS2. The molecule has 0 fully saturated rings. The zero-order valence-electron chi connectivity index (χ0n) is 11.4. The predicted molar refractivity (Wildman–Crippen MR) is 84.8 cm³/mol. The number of aromatic nitrogens is 1. The molecule has 0 saturated carbocycles. The van der Waals surface area contributed by atoms with Crippen molar-refractivity contribution in [1.29, 1.82) is 0 Å². The number of alkyl halides is 3. The number of halogens is 3. The number of hydrogen-bond donors (Lipinski definition) is 1. The van der Waals surface area contributed by atoms with Crippen molar-refractivity contribution < 1.29 is 18.0 Å². The van der Waals surface area contributed by atoms with Crippen LogP contribution in [-0.2, 0) is 6.18 Å². The Hall–Kier alpha value is -2.19. The van der Waals surface area contributed by atoms with Gasteiger partial charge in [-0.3, -0.25) is 4.79 Å². The molecule has 3 rings (SSSR count). The van der Waals surface area contributed by atoms with Gasteiger partial charge in [0.05, 0.1) is 16.6 Å². The van der Waals surface area contributed by atoms with Gasteiger partial charge in [-0.15, -0.1) is 22.7 Å². The molecule has 1 amide bonds. The first-order valence-corrected chi connectivity index (χ1v) is 8.11. The zero-order valence-corrected chi connectivity index (χ0v) is 13.1. The van der Waals surface area contributed by atoms with Crippen LogP contribution in [0.3, 0.4) is 0 Å². The molecule has 0 radical (unpaired) electrons. The van der Waals surface area contributed by atoms with Crippen LogP contribution in [-0.4, -0.2) is 10.9 Å². The lowest BCUT2D eigenvalue weighted by Crippen LogP contribution is -2.11. The number of benzene rings is 1. The maximum Gasteiger partial charge on any atom is 0.416 e.